The number of aliphatic carboxylic acids is 1. The quantitative estimate of drug-likeness (QED) is 0.522. The number of nitrogens with one attached hydrogen (secondary N) is 3. The van der Waals surface area contributed by atoms with Crippen molar-refractivity contribution in [2.75, 3.05) is 6.54 Å². The highest BCUT2D eigenvalue weighted by atomic mass is 16.4. The summed E-state index contributed by atoms with van der Waals surface area (Å²) in [4.78, 5) is 37.3. The summed E-state index contributed by atoms with van der Waals surface area (Å²) in [6, 6.07) is 0. The van der Waals surface area contributed by atoms with Crippen molar-refractivity contribution in [2.24, 2.45) is 5.92 Å². The molecular weight excluding hydrogens is 226 g/mol. The number of aromatic amines is 2. The Morgan fingerprint density at radius 3 is 2.76 bits per heavy atom. The Bertz CT molecular complexity index is 448. The number of aromatic nitrogens is 2. The van der Waals surface area contributed by atoms with E-state index in [1.54, 1.807) is 6.92 Å². The van der Waals surface area contributed by atoms with E-state index in [0.29, 0.717) is 19.4 Å². The van der Waals surface area contributed by atoms with Gasteiger partial charge in [0.15, 0.2) is 0 Å². The fourth-order valence-corrected chi connectivity index (χ4v) is 1.28. The molecule has 0 fully saturated rings. The molecule has 4 N–H and O–H groups in total. The Kier molecular flexibility index (Phi) is 4.50. The molecule has 0 aliphatic rings. The number of hydrogen-bond acceptors (Lipinski definition) is 3. The van der Waals surface area contributed by atoms with Gasteiger partial charge in [0, 0.05) is 12.7 Å². The van der Waals surface area contributed by atoms with Crippen LogP contribution in [0.15, 0.2) is 11.0 Å². The van der Waals surface area contributed by atoms with E-state index in [4.69, 9.17) is 5.11 Å². The molecule has 0 aliphatic heterocycles. The molecule has 0 spiro atoms. The van der Waals surface area contributed by atoms with Gasteiger partial charge in [-0.05, 0) is 12.8 Å². The number of imidazole rings is 1. The first kappa shape index (κ1) is 13.0. The van der Waals surface area contributed by atoms with Crippen LogP contribution < -0.4 is 11.0 Å². The molecule has 0 saturated carbocycles. The summed E-state index contributed by atoms with van der Waals surface area (Å²) in [6.07, 6.45) is 2.37. The number of rotatable bonds is 6. The fraction of sp³-hybridized carbons (Fsp3) is 0.500. The maximum Gasteiger partial charge on any atom is 0.323 e. The Labute approximate surface area is 97.2 Å². The SMILES string of the molecule is CC(CCCNC(=O)c1c[nH]c(=O)[nH]1)C(=O)O. The van der Waals surface area contributed by atoms with Crippen LogP contribution in [0.1, 0.15) is 30.3 Å². The average molecular weight is 241 g/mol. The Morgan fingerprint density at radius 2 is 2.24 bits per heavy atom. The molecule has 1 heterocycles. The lowest BCUT2D eigenvalue weighted by Crippen LogP contribution is -2.26. The minimum absolute atomic E-state index is 0.168. The number of H-pyrrole nitrogens is 2. The highest BCUT2D eigenvalue weighted by Crippen LogP contribution is 2.04. The largest absolute Gasteiger partial charge is 0.481 e. The van der Waals surface area contributed by atoms with Gasteiger partial charge in [-0.1, -0.05) is 6.92 Å². The van der Waals surface area contributed by atoms with E-state index >= 15 is 0 Å². The summed E-state index contributed by atoms with van der Waals surface area (Å²) >= 11 is 0. The molecule has 1 amide bonds. The predicted molar refractivity (Wildman–Crippen MR) is 59.8 cm³/mol. The molecule has 1 unspecified atom stereocenters. The van der Waals surface area contributed by atoms with Gasteiger partial charge in [-0.2, -0.15) is 0 Å². The number of carbonyl (C=O) groups is 2. The second-order valence-electron chi connectivity index (χ2n) is 3.79. The molecule has 94 valence electrons. The van der Waals surface area contributed by atoms with Crippen LogP contribution in [0.3, 0.4) is 0 Å². The van der Waals surface area contributed by atoms with Crippen molar-refractivity contribution < 1.29 is 14.7 Å². The second kappa shape index (κ2) is 5.88. The standard InChI is InChI=1S/C10H15N3O4/c1-6(9(15)16)3-2-4-11-8(14)7-5-12-10(17)13-7/h5-6H,2-4H2,1H3,(H,11,14)(H,15,16)(H2,12,13,17). The first-order valence-corrected chi connectivity index (χ1v) is 5.29. The van der Waals surface area contributed by atoms with Crippen LogP contribution >= 0.6 is 0 Å². The lowest BCUT2D eigenvalue weighted by molar-refractivity contribution is -0.141. The fourth-order valence-electron chi connectivity index (χ4n) is 1.28. The van der Waals surface area contributed by atoms with E-state index in [1.165, 1.54) is 6.20 Å². The molecule has 17 heavy (non-hydrogen) atoms. The Morgan fingerprint density at radius 1 is 1.53 bits per heavy atom. The van der Waals surface area contributed by atoms with Crippen LogP contribution in [0.5, 0.6) is 0 Å². The van der Waals surface area contributed by atoms with Gasteiger partial charge >= 0.3 is 11.7 Å². The van der Waals surface area contributed by atoms with Crippen molar-refractivity contribution >= 4 is 11.9 Å². The van der Waals surface area contributed by atoms with Crippen LogP contribution in [-0.4, -0.2) is 33.5 Å². The van der Waals surface area contributed by atoms with Gasteiger partial charge < -0.3 is 20.4 Å². The molecule has 7 heteroatoms. The van der Waals surface area contributed by atoms with Gasteiger partial charge in [0.1, 0.15) is 5.69 Å². The van der Waals surface area contributed by atoms with Crippen molar-refractivity contribution in [3.63, 3.8) is 0 Å². The predicted octanol–water partition coefficient (Wildman–Crippen LogP) is -0.0663. The molecule has 1 rings (SSSR count). The van der Waals surface area contributed by atoms with Crippen molar-refractivity contribution in [3.8, 4) is 0 Å². The van der Waals surface area contributed by atoms with Crippen molar-refractivity contribution in [2.45, 2.75) is 19.8 Å². The third-order valence-corrected chi connectivity index (χ3v) is 2.36. The zero-order chi connectivity index (χ0) is 12.8. The van der Waals surface area contributed by atoms with E-state index in [9.17, 15) is 14.4 Å². The molecule has 0 radical (unpaired) electrons. The van der Waals surface area contributed by atoms with Gasteiger partial charge in [0.05, 0.1) is 5.92 Å². The van der Waals surface area contributed by atoms with Gasteiger partial charge in [0.25, 0.3) is 5.91 Å². The van der Waals surface area contributed by atoms with Crippen LogP contribution in [-0.2, 0) is 4.79 Å². The molecule has 0 bridgehead atoms. The minimum Gasteiger partial charge on any atom is -0.481 e. The topological polar surface area (TPSA) is 115 Å². The monoisotopic (exact) mass is 241 g/mol. The first-order valence-electron chi connectivity index (χ1n) is 5.29. The highest BCUT2D eigenvalue weighted by Gasteiger charge is 2.11. The van der Waals surface area contributed by atoms with Gasteiger partial charge in [-0.3, -0.25) is 9.59 Å². The molecule has 1 atom stereocenters. The van der Waals surface area contributed by atoms with Crippen LogP contribution in [0, 0.1) is 5.92 Å². The van der Waals surface area contributed by atoms with E-state index in [0.717, 1.165) is 0 Å². The van der Waals surface area contributed by atoms with Crippen LogP contribution in [0.25, 0.3) is 0 Å². The number of carboxylic acids is 1. The van der Waals surface area contributed by atoms with E-state index in [2.05, 4.69) is 15.3 Å². The van der Waals surface area contributed by atoms with Crippen molar-refractivity contribution in [3.05, 3.63) is 22.4 Å². The Balaban J connectivity index is 2.26. The smallest absolute Gasteiger partial charge is 0.323 e. The van der Waals surface area contributed by atoms with Gasteiger partial charge in [-0.15, -0.1) is 0 Å². The van der Waals surface area contributed by atoms with E-state index in [1.807, 2.05) is 0 Å². The lowest BCUT2D eigenvalue weighted by atomic mass is 10.1. The van der Waals surface area contributed by atoms with Crippen molar-refractivity contribution in [1.29, 1.82) is 0 Å². The maximum atomic E-state index is 11.4. The van der Waals surface area contributed by atoms with Crippen molar-refractivity contribution in [1.82, 2.24) is 15.3 Å². The summed E-state index contributed by atoms with van der Waals surface area (Å²) in [7, 11) is 0. The number of amides is 1. The molecule has 1 aromatic rings. The Hall–Kier alpha value is -2.05. The number of hydrogen-bond donors (Lipinski definition) is 4. The maximum absolute atomic E-state index is 11.4. The third-order valence-electron chi connectivity index (χ3n) is 2.36. The molecule has 1 aromatic heterocycles. The molecule has 7 nitrogen and oxygen atoms in total. The molecule has 0 aliphatic carbocycles. The van der Waals surface area contributed by atoms with Gasteiger partial charge in [-0.25, -0.2) is 4.79 Å². The zero-order valence-corrected chi connectivity index (χ0v) is 9.45. The number of carbonyl (C=O) groups excluding carboxylic acids is 1. The second-order valence-corrected chi connectivity index (χ2v) is 3.79. The third kappa shape index (κ3) is 4.13. The normalized spacial score (nSPS) is 12.1. The summed E-state index contributed by atoms with van der Waals surface area (Å²) < 4.78 is 0. The first-order chi connectivity index (χ1) is 8.00. The van der Waals surface area contributed by atoms with Crippen LogP contribution in [0.4, 0.5) is 0 Å². The van der Waals surface area contributed by atoms with E-state index < -0.39 is 17.6 Å². The minimum atomic E-state index is -0.841. The lowest BCUT2D eigenvalue weighted by Gasteiger charge is -2.06. The summed E-state index contributed by atoms with van der Waals surface area (Å²) in [5, 5.41) is 11.2. The molecule has 0 saturated heterocycles. The van der Waals surface area contributed by atoms with E-state index in [-0.39, 0.29) is 11.6 Å². The van der Waals surface area contributed by atoms with Gasteiger partial charge in [0.2, 0.25) is 0 Å². The summed E-state index contributed by atoms with van der Waals surface area (Å²) in [6.45, 7) is 2.00. The zero-order valence-electron chi connectivity index (χ0n) is 9.45. The summed E-state index contributed by atoms with van der Waals surface area (Å²) in [5.41, 5.74) is -0.268. The molecular formula is C10H15N3O4. The number of carboxylic acid groups (broad SMARTS) is 1. The van der Waals surface area contributed by atoms with Crippen LogP contribution in [0.2, 0.25) is 0 Å². The molecule has 0 aromatic carbocycles. The highest BCUT2D eigenvalue weighted by molar-refractivity contribution is 5.91. The average Bonchev–Trinajstić information content (AvgIpc) is 2.70. The summed E-state index contributed by atoms with van der Waals surface area (Å²) in [5.74, 6) is -1.64.